The third-order valence-electron chi connectivity index (χ3n) is 5.28. The van der Waals surface area contributed by atoms with E-state index in [1.807, 2.05) is 57.2 Å². The van der Waals surface area contributed by atoms with Crippen LogP contribution < -0.4 is 4.90 Å². The summed E-state index contributed by atoms with van der Waals surface area (Å²) >= 11 is 0. The molecule has 132 valence electrons. The normalized spacial score (nSPS) is 32.6. The number of rotatable bonds is 4. The van der Waals surface area contributed by atoms with Crippen molar-refractivity contribution in [2.75, 3.05) is 18.1 Å². The number of nitrogens with zero attached hydrogens (tertiary/aromatic N) is 1. The summed E-state index contributed by atoms with van der Waals surface area (Å²) in [6, 6.07) is 7.84. The molecule has 0 N–H and O–H groups in total. The first-order valence-electron chi connectivity index (χ1n) is 8.83. The number of ether oxygens (including phenoxy) is 2. The minimum atomic E-state index is -0.700. The van der Waals surface area contributed by atoms with Crippen LogP contribution in [0.2, 0.25) is 0 Å². The molecule has 25 heavy (non-hydrogen) atoms. The fourth-order valence-corrected chi connectivity index (χ4v) is 4.06. The van der Waals surface area contributed by atoms with Gasteiger partial charge in [0.25, 0.3) is 0 Å². The number of amides is 1. The van der Waals surface area contributed by atoms with Crippen LogP contribution in [0.5, 0.6) is 0 Å². The van der Waals surface area contributed by atoms with E-state index in [0.29, 0.717) is 13.2 Å². The zero-order valence-electron chi connectivity index (χ0n) is 14.8. The van der Waals surface area contributed by atoms with Gasteiger partial charge >= 0.3 is 5.97 Å². The highest BCUT2D eigenvalue weighted by Gasteiger charge is 2.67. The Morgan fingerprint density at radius 2 is 2.08 bits per heavy atom. The average molecular weight is 341 g/mol. The van der Waals surface area contributed by atoms with Gasteiger partial charge in [-0.2, -0.15) is 0 Å². The molecule has 1 amide bonds. The number of hydrogen-bond acceptors (Lipinski definition) is 4. The summed E-state index contributed by atoms with van der Waals surface area (Å²) in [7, 11) is 0. The van der Waals surface area contributed by atoms with Crippen molar-refractivity contribution in [1.29, 1.82) is 0 Å². The first-order valence-corrected chi connectivity index (χ1v) is 8.83. The molecule has 5 heteroatoms. The van der Waals surface area contributed by atoms with E-state index in [0.717, 1.165) is 11.3 Å². The summed E-state index contributed by atoms with van der Waals surface area (Å²) in [4.78, 5) is 27.5. The molecule has 4 atom stereocenters. The molecule has 3 aliphatic heterocycles. The van der Waals surface area contributed by atoms with E-state index in [-0.39, 0.29) is 23.9 Å². The molecule has 3 aliphatic rings. The zero-order valence-corrected chi connectivity index (χ0v) is 14.8. The lowest BCUT2D eigenvalue weighted by molar-refractivity contribution is -0.153. The topological polar surface area (TPSA) is 55.8 Å². The Balaban J connectivity index is 1.61. The molecule has 2 fully saturated rings. The van der Waals surface area contributed by atoms with Crippen molar-refractivity contribution in [3.63, 3.8) is 0 Å². The van der Waals surface area contributed by atoms with Crippen molar-refractivity contribution >= 4 is 17.6 Å². The molecule has 0 aromatic heterocycles. The highest BCUT2D eigenvalue weighted by molar-refractivity contribution is 6.02. The smallest absolute Gasteiger partial charge is 0.312 e. The quantitative estimate of drug-likeness (QED) is 0.624. The lowest BCUT2D eigenvalue weighted by atomic mass is 9.77. The molecular weight excluding hydrogens is 318 g/mol. The van der Waals surface area contributed by atoms with Crippen LogP contribution in [0.3, 0.4) is 0 Å². The van der Waals surface area contributed by atoms with E-state index in [4.69, 9.17) is 9.47 Å². The van der Waals surface area contributed by atoms with Crippen molar-refractivity contribution in [2.24, 2.45) is 17.8 Å². The fraction of sp³-hybridized carbons (Fsp3) is 0.500. The second kappa shape index (κ2) is 5.70. The van der Waals surface area contributed by atoms with Gasteiger partial charge in [-0.15, -0.1) is 0 Å². The summed E-state index contributed by atoms with van der Waals surface area (Å²) in [5.41, 5.74) is 1.28. The van der Waals surface area contributed by atoms with Gasteiger partial charge in [-0.05, 0) is 25.0 Å². The van der Waals surface area contributed by atoms with Crippen LogP contribution >= 0.6 is 0 Å². The van der Waals surface area contributed by atoms with Crippen molar-refractivity contribution < 1.29 is 19.1 Å². The highest BCUT2D eigenvalue weighted by atomic mass is 16.6. The van der Waals surface area contributed by atoms with E-state index in [9.17, 15) is 9.59 Å². The van der Waals surface area contributed by atoms with Crippen LogP contribution in [-0.2, 0) is 19.1 Å². The minimum absolute atomic E-state index is 0.0535. The molecule has 0 unspecified atom stereocenters. The number of anilines is 1. The maximum Gasteiger partial charge on any atom is 0.312 e. The molecule has 0 saturated carbocycles. The van der Waals surface area contributed by atoms with Gasteiger partial charge in [0.15, 0.2) is 0 Å². The monoisotopic (exact) mass is 341 g/mol. The van der Waals surface area contributed by atoms with E-state index < -0.39 is 17.4 Å². The second-order valence-electron chi connectivity index (χ2n) is 7.68. The van der Waals surface area contributed by atoms with Gasteiger partial charge in [-0.3, -0.25) is 9.59 Å². The standard InChI is InChI=1S/C20H23NO4/c1-12(2)10-24-19(23)16-15-8-9-20(25-15)11-21(18(22)17(16)20)14-6-4-13(3)5-7-14/h4-9,12,15-17H,10-11H2,1-3H3/t15-,16+,17+,20+/m1/s1. The van der Waals surface area contributed by atoms with Gasteiger partial charge in [0.2, 0.25) is 5.91 Å². The maximum atomic E-state index is 13.1. The first-order chi connectivity index (χ1) is 11.9. The number of benzene rings is 1. The van der Waals surface area contributed by atoms with Gasteiger partial charge in [-0.25, -0.2) is 0 Å². The molecular formula is C20H23NO4. The van der Waals surface area contributed by atoms with Crippen molar-refractivity contribution in [2.45, 2.75) is 32.5 Å². The first kappa shape index (κ1) is 16.3. The molecule has 0 aliphatic carbocycles. The summed E-state index contributed by atoms with van der Waals surface area (Å²) in [5.74, 6) is -1.16. The predicted octanol–water partition coefficient (Wildman–Crippen LogP) is 2.48. The van der Waals surface area contributed by atoms with E-state index in [1.54, 1.807) is 4.90 Å². The van der Waals surface area contributed by atoms with Crippen LogP contribution in [0.15, 0.2) is 36.4 Å². The zero-order chi connectivity index (χ0) is 17.8. The third kappa shape index (κ3) is 2.49. The number of carbonyl (C=O) groups is 2. The Kier molecular flexibility index (Phi) is 3.72. The predicted molar refractivity (Wildman–Crippen MR) is 93.1 cm³/mol. The molecule has 4 rings (SSSR count). The highest BCUT2D eigenvalue weighted by Crippen LogP contribution is 2.52. The number of hydrogen-bond donors (Lipinski definition) is 0. The summed E-state index contributed by atoms with van der Waals surface area (Å²) < 4.78 is 11.5. The Hall–Kier alpha value is -2.14. The molecule has 2 bridgehead atoms. The van der Waals surface area contributed by atoms with Crippen LogP contribution in [0.1, 0.15) is 19.4 Å². The number of carbonyl (C=O) groups excluding carboxylic acids is 2. The third-order valence-corrected chi connectivity index (χ3v) is 5.28. The summed E-state index contributed by atoms with van der Waals surface area (Å²) in [5, 5.41) is 0. The number of esters is 1. The summed E-state index contributed by atoms with van der Waals surface area (Å²) in [6.45, 7) is 6.80. The Labute approximate surface area is 147 Å². The largest absolute Gasteiger partial charge is 0.465 e. The van der Waals surface area contributed by atoms with Gasteiger partial charge in [0.05, 0.1) is 25.2 Å². The SMILES string of the molecule is Cc1ccc(N2C[C@]34C=C[C@@H](O3)[C@H](C(=O)OCC(C)C)[C@H]4C2=O)cc1. The van der Waals surface area contributed by atoms with Crippen molar-refractivity contribution in [3.05, 3.63) is 42.0 Å². The second-order valence-corrected chi connectivity index (χ2v) is 7.68. The van der Waals surface area contributed by atoms with Gasteiger partial charge < -0.3 is 14.4 Å². The molecule has 5 nitrogen and oxygen atoms in total. The Morgan fingerprint density at radius 1 is 1.36 bits per heavy atom. The average Bonchev–Trinajstić information content (AvgIpc) is 3.22. The lowest BCUT2D eigenvalue weighted by Gasteiger charge is -2.23. The van der Waals surface area contributed by atoms with Crippen LogP contribution in [0.4, 0.5) is 5.69 Å². The molecule has 1 aromatic rings. The molecule has 2 saturated heterocycles. The maximum absolute atomic E-state index is 13.1. The molecule has 1 aromatic carbocycles. The van der Waals surface area contributed by atoms with Gasteiger partial charge in [0, 0.05) is 5.69 Å². The fourth-order valence-electron chi connectivity index (χ4n) is 4.06. The molecule has 1 spiro atoms. The van der Waals surface area contributed by atoms with Crippen LogP contribution in [0.25, 0.3) is 0 Å². The number of aryl methyl sites for hydroxylation is 1. The summed E-state index contributed by atoms with van der Waals surface area (Å²) in [6.07, 6.45) is 3.51. The van der Waals surface area contributed by atoms with Crippen molar-refractivity contribution in [3.8, 4) is 0 Å². The minimum Gasteiger partial charge on any atom is -0.465 e. The van der Waals surface area contributed by atoms with Crippen LogP contribution in [0, 0.1) is 24.7 Å². The van der Waals surface area contributed by atoms with Crippen LogP contribution in [-0.4, -0.2) is 36.7 Å². The van der Waals surface area contributed by atoms with Gasteiger partial charge in [0.1, 0.15) is 11.5 Å². The van der Waals surface area contributed by atoms with Gasteiger partial charge in [-0.1, -0.05) is 43.7 Å². The lowest BCUT2D eigenvalue weighted by Crippen LogP contribution is -2.40. The Bertz CT molecular complexity index is 739. The number of fused-ring (bicyclic) bond motifs is 1. The van der Waals surface area contributed by atoms with Crippen molar-refractivity contribution in [1.82, 2.24) is 0 Å². The Morgan fingerprint density at radius 3 is 2.76 bits per heavy atom. The van der Waals surface area contributed by atoms with E-state index >= 15 is 0 Å². The van der Waals surface area contributed by atoms with E-state index in [2.05, 4.69) is 0 Å². The van der Waals surface area contributed by atoms with E-state index in [1.165, 1.54) is 0 Å². The molecule has 0 radical (unpaired) electrons. The molecule has 3 heterocycles.